The van der Waals surface area contributed by atoms with E-state index in [0.29, 0.717) is 11.1 Å². The molecule has 1 rings (SSSR count). The van der Waals surface area contributed by atoms with Gasteiger partial charge in [-0.25, -0.2) is 0 Å². The van der Waals surface area contributed by atoms with E-state index in [4.69, 9.17) is 21.1 Å². The second kappa shape index (κ2) is 15.8. The number of phenolic OH excluding ortho intramolecular Hbond substituents is 1. The van der Waals surface area contributed by atoms with Crippen LogP contribution in [0.25, 0.3) is 6.08 Å². The molecule has 0 radical (unpaired) electrons. The number of hydrogen-bond donors (Lipinski definition) is 4. The Morgan fingerprint density at radius 2 is 1.81 bits per heavy atom. The first kappa shape index (κ1) is 31.8. The smallest absolute Gasteiger partial charge is 0.255 e. The Labute approximate surface area is 219 Å². The molecule has 0 aromatic heterocycles. The number of carbonyl (C=O) groups is 2. The third-order valence-corrected chi connectivity index (χ3v) is 6.53. The monoisotopic (exact) mass is 525 g/mol. The molecule has 0 aliphatic rings. The van der Waals surface area contributed by atoms with Crippen molar-refractivity contribution in [2.45, 2.75) is 71.4 Å². The van der Waals surface area contributed by atoms with Crippen LogP contribution in [0.5, 0.6) is 5.75 Å². The number of aliphatic hydroxyl groups excluding tert-OH is 2. The van der Waals surface area contributed by atoms with Gasteiger partial charge in [-0.3, -0.25) is 9.59 Å². The molecular formula is C27H40ClNO7. The molecule has 0 saturated heterocycles. The number of ketones is 1. The summed E-state index contributed by atoms with van der Waals surface area (Å²) in [5.41, 5.74) is 0.953. The lowest BCUT2D eigenvalue weighted by Crippen LogP contribution is -2.47. The van der Waals surface area contributed by atoms with Crippen molar-refractivity contribution in [1.29, 1.82) is 0 Å². The molecule has 0 aliphatic carbocycles. The Kier molecular flexibility index (Phi) is 13.9. The minimum atomic E-state index is -1.41. The molecule has 0 unspecified atom stereocenters. The van der Waals surface area contributed by atoms with Gasteiger partial charge in [0.25, 0.3) is 5.91 Å². The maximum absolute atomic E-state index is 12.9. The van der Waals surface area contributed by atoms with Gasteiger partial charge in [-0.2, -0.15) is 0 Å². The van der Waals surface area contributed by atoms with E-state index in [2.05, 4.69) is 12.2 Å². The van der Waals surface area contributed by atoms with Gasteiger partial charge in [-0.15, -0.1) is 0 Å². The van der Waals surface area contributed by atoms with Crippen molar-refractivity contribution in [3.8, 4) is 5.75 Å². The quantitative estimate of drug-likeness (QED) is 0.256. The minimum absolute atomic E-state index is 0.0206. The third kappa shape index (κ3) is 9.33. The van der Waals surface area contributed by atoms with E-state index in [1.54, 1.807) is 26.0 Å². The van der Waals surface area contributed by atoms with Gasteiger partial charge in [0.05, 0.1) is 11.1 Å². The number of halogens is 1. The zero-order valence-electron chi connectivity index (χ0n) is 21.9. The summed E-state index contributed by atoms with van der Waals surface area (Å²) < 4.78 is 10.6. The molecule has 9 heteroatoms. The molecule has 0 aliphatic heterocycles. The van der Waals surface area contributed by atoms with Crippen LogP contribution in [0, 0.1) is 11.8 Å². The summed E-state index contributed by atoms with van der Waals surface area (Å²) in [6, 6.07) is 4.56. The van der Waals surface area contributed by atoms with Gasteiger partial charge in [0.2, 0.25) is 0 Å². The van der Waals surface area contributed by atoms with E-state index in [9.17, 15) is 24.9 Å². The van der Waals surface area contributed by atoms with Crippen LogP contribution < -0.4 is 5.32 Å². The van der Waals surface area contributed by atoms with Crippen LogP contribution in [0.2, 0.25) is 5.02 Å². The molecule has 1 aromatic carbocycles. The molecular weight excluding hydrogens is 486 g/mol. The lowest BCUT2D eigenvalue weighted by Gasteiger charge is -2.27. The zero-order chi connectivity index (χ0) is 27.4. The number of methoxy groups -OCH3 is 2. The van der Waals surface area contributed by atoms with Crippen LogP contribution in [-0.2, 0) is 19.1 Å². The van der Waals surface area contributed by atoms with Crippen molar-refractivity contribution in [1.82, 2.24) is 5.32 Å². The highest BCUT2D eigenvalue weighted by molar-refractivity contribution is 6.32. The van der Waals surface area contributed by atoms with E-state index in [1.807, 2.05) is 6.92 Å². The van der Waals surface area contributed by atoms with Gasteiger partial charge in [0.1, 0.15) is 18.0 Å². The summed E-state index contributed by atoms with van der Waals surface area (Å²) in [6.07, 6.45) is 2.69. The van der Waals surface area contributed by atoms with Crippen LogP contribution in [-0.4, -0.2) is 65.6 Å². The Bertz CT molecular complexity index is 917. The van der Waals surface area contributed by atoms with E-state index in [-0.39, 0.29) is 22.5 Å². The fraction of sp³-hybridized carbons (Fsp3) is 0.556. The molecule has 0 bridgehead atoms. The Morgan fingerprint density at radius 3 is 2.36 bits per heavy atom. The average molecular weight is 526 g/mol. The highest BCUT2D eigenvalue weighted by atomic mass is 35.5. The summed E-state index contributed by atoms with van der Waals surface area (Å²) in [5, 5.41) is 33.6. The van der Waals surface area contributed by atoms with Gasteiger partial charge < -0.3 is 30.1 Å². The molecule has 1 amide bonds. The minimum Gasteiger partial charge on any atom is -0.506 e. The van der Waals surface area contributed by atoms with Gasteiger partial charge in [0, 0.05) is 26.3 Å². The van der Waals surface area contributed by atoms with Crippen LogP contribution in [0.4, 0.5) is 0 Å². The first-order valence-electron chi connectivity index (χ1n) is 12.1. The second-order valence-corrected chi connectivity index (χ2v) is 9.42. The van der Waals surface area contributed by atoms with Crippen molar-refractivity contribution >= 4 is 29.4 Å². The van der Waals surface area contributed by atoms with Crippen molar-refractivity contribution in [3.05, 3.63) is 46.6 Å². The molecule has 8 nitrogen and oxygen atoms in total. The van der Waals surface area contributed by atoms with Gasteiger partial charge in [0.15, 0.2) is 11.9 Å². The van der Waals surface area contributed by atoms with Crippen molar-refractivity contribution in [2.24, 2.45) is 11.8 Å². The SMILES string of the molecule is CCCC[C@@H](C)[C@H](O)[C@H](C)C(=O)C(C)=C[C@@H](OC)[C@@H](O)[C@@H](OC)C(=O)NC=Cc1ccc(O)c(Cl)c1. The number of ether oxygens (including phenoxy) is 2. The standard InChI is InChI=1S/C27H40ClNO7/c1-7-8-9-16(2)23(31)18(4)24(32)17(3)14-22(35-5)25(33)26(36-6)27(34)29-13-12-19-10-11-21(30)20(28)15-19/h10-16,18,22-23,25-26,30-31,33H,7-9H2,1-6H3,(H,29,34)/t16-,18+,22-,23+,25-,26-/m1/s1. The molecule has 36 heavy (non-hydrogen) atoms. The van der Waals surface area contributed by atoms with Crippen molar-refractivity contribution in [2.75, 3.05) is 14.2 Å². The van der Waals surface area contributed by atoms with E-state index >= 15 is 0 Å². The first-order chi connectivity index (χ1) is 17.0. The van der Waals surface area contributed by atoms with E-state index in [1.165, 1.54) is 38.6 Å². The maximum Gasteiger partial charge on any atom is 0.255 e. The highest BCUT2D eigenvalue weighted by Gasteiger charge is 2.33. The molecule has 4 N–H and O–H groups in total. The maximum atomic E-state index is 12.9. The highest BCUT2D eigenvalue weighted by Crippen LogP contribution is 2.24. The molecule has 0 saturated carbocycles. The number of rotatable bonds is 15. The van der Waals surface area contributed by atoms with E-state index < -0.39 is 36.2 Å². The second-order valence-electron chi connectivity index (χ2n) is 9.01. The molecule has 6 atom stereocenters. The van der Waals surface area contributed by atoms with Crippen molar-refractivity contribution in [3.63, 3.8) is 0 Å². The molecule has 202 valence electrons. The predicted molar refractivity (Wildman–Crippen MR) is 141 cm³/mol. The van der Waals surface area contributed by atoms with Gasteiger partial charge in [-0.1, -0.05) is 51.3 Å². The number of hydrogen-bond acceptors (Lipinski definition) is 7. The molecule has 0 spiro atoms. The van der Waals surface area contributed by atoms with Crippen LogP contribution in [0.15, 0.2) is 36.0 Å². The largest absolute Gasteiger partial charge is 0.506 e. The Hall–Kier alpha value is -2.23. The number of aliphatic hydroxyl groups is 2. The van der Waals surface area contributed by atoms with Crippen molar-refractivity contribution < 1.29 is 34.4 Å². The Morgan fingerprint density at radius 1 is 1.14 bits per heavy atom. The summed E-state index contributed by atoms with van der Waals surface area (Å²) >= 11 is 5.87. The third-order valence-electron chi connectivity index (χ3n) is 6.23. The molecule has 0 heterocycles. The summed E-state index contributed by atoms with van der Waals surface area (Å²) in [6.45, 7) is 7.28. The number of amides is 1. The van der Waals surface area contributed by atoms with Gasteiger partial charge >= 0.3 is 0 Å². The average Bonchev–Trinajstić information content (AvgIpc) is 2.86. The predicted octanol–water partition coefficient (Wildman–Crippen LogP) is 3.86. The number of benzene rings is 1. The number of carbonyl (C=O) groups excluding carboxylic acids is 2. The lowest BCUT2D eigenvalue weighted by molar-refractivity contribution is -0.142. The zero-order valence-corrected chi connectivity index (χ0v) is 22.7. The number of allylic oxidation sites excluding steroid dienone is 1. The van der Waals surface area contributed by atoms with E-state index in [0.717, 1.165) is 19.3 Å². The number of unbranched alkanes of at least 4 members (excludes halogenated alkanes) is 1. The Balaban J connectivity index is 2.88. The molecule has 1 aromatic rings. The van der Waals surface area contributed by atoms with Crippen LogP contribution in [0.1, 0.15) is 52.5 Å². The lowest BCUT2D eigenvalue weighted by atomic mass is 9.85. The summed E-state index contributed by atoms with van der Waals surface area (Å²) in [4.78, 5) is 25.6. The summed E-state index contributed by atoms with van der Waals surface area (Å²) in [7, 11) is 2.63. The number of nitrogens with one attached hydrogen (secondary N) is 1. The molecule has 0 fully saturated rings. The van der Waals surface area contributed by atoms with Crippen LogP contribution in [0.3, 0.4) is 0 Å². The van der Waals surface area contributed by atoms with Crippen LogP contribution >= 0.6 is 11.6 Å². The normalized spacial score (nSPS) is 17.3. The fourth-order valence-electron chi connectivity index (χ4n) is 3.84. The first-order valence-corrected chi connectivity index (χ1v) is 12.5. The topological polar surface area (TPSA) is 125 Å². The number of Topliss-reactive ketones (excluding diaryl/α,β-unsaturated/α-hetero) is 1. The number of phenols is 1. The number of aromatic hydroxyl groups is 1. The fourth-order valence-corrected chi connectivity index (χ4v) is 4.03. The summed E-state index contributed by atoms with van der Waals surface area (Å²) in [5.74, 6) is -1.58. The van der Waals surface area contributed by atoms with Gasteiger partial charge in [-0.05, 0) is 54.7 Å².